The highest BCUT2D eigenvalue weighted by Gasteiger charge is 2.09. The van der Waals surface area contributed by atoms with Crippen molar-refractivity contribution in [3.63, 3.8) is 0 Å². The number of hydrogen-bond donors (Lipinski definition) is 1. The van der Waals surface area contributed by atoms with Crippen molar-refractivity contribution in [1.29, 1.82) is 0 Å². The molecule has 1 aromatic heterocycles. The minimum atomic E-state index is -0.261. The second kappa shape index (κ2) is 7.02. The van der Waals surface area contributed by atoms with Crippen LogP contribution in [0, 0.1) is 19.7 Å². The first-order valence-electron chi connectivity index (χ1n) is 6.99. The molecule has 1 N–H and O–H groups in total. The fraction of sp³-hybridized carbons (Fsp3) is 0.375. The van der Waals surface area contributed by atoms with Gasteiger partial charge in [-0.2, -0.15) is 0 Å². The lowest BCUT2D eigenvalue weighted by Crippen LogP contribution is -2.26. The third kappa shape index (κ3) is 4.41. The molecule has 21 heavy (non-hydrogen) atoms. The van der Waals surface area contributed by atoms with E-state index in [0.29, 0.717) is 25.8 Å². The van der Waals surface area contributed by atoms with E-state index < -0.39 is 0 Å². The van der Waals surface area contributed by atoms with Gasteiger partial charge in [-0.1, -0.05) is 17.3 Å². The summed E-state index contributed by atoms with van der Waals surface area (Å²) in [6.45, 7) is 4.32. The van der Waals surface area contributed by atoms with Crippen molar-refractivity contribution in [1.82, 2.24) is 10.5 Å². The Morgan fingerprint density at radius 3 is 2.57 bits per heavy atom. The van der Waals surface area contributed by atoms with Crippen LogP contribution in [0.25, 0.3) is 0 Å². The van der Waals surface area contributed by atoms with Crippen molar-refractivity contribution in [3.8, 4) is 0 Å². The van der Waals surface area contributed by atoms with Crippen LogP contribution in [0.15, 0.2) is 28.8 Å². The molecule has 1 amide bonds. The molecule has 5 heteroatoms. The Hall–Kier alpha value is -2.17. The Labute approximate surface area is 123 Å². The third-order valence-corrected chi connectivity index (χ3v) is 3.43. The zero-order valence-electron chi connectivity index (χ0n) is 12.3. The molecule has 0 radical (unpaired) electrons. The van der Waals surface area contributed by atoms with Gasteiger partial charge >= 0.3 is 0 Å². The van der Waals surface area contributed by atoms with E-state index >= 15 is 0 Å². The SMILES string of the molecule is Cc1noc(C)c1CCNC(=O)CCc1ccc(F)cc1. The van der Waals surface area contributed by atoms with Gasteiger partial charge in [0.15, 0.2) is 0 Å². The van der Waals surface area contributed by atoms with Crippen LogP contribution in [-0.4, -0.2) is 17.6 Å². The van der Waals surface area contributed by atoms with Gasteiger partial charge in [-0.05, 0) is 44.4 Å². The van der Waals surface area contributed by atoms with Crippen molar-refractivity contribution in [2.24, 2.45) is 0 Å². The molecule has 1 aromatic carbocycles. The second-order valence-corrected chi connectivity index (χ2v) is 5.03. The number of aromatic nitrogens is 1. The zero-order chi connectivity index (χ0) is 15.2. The van der Waals surface area contributed by atoms with Crippen LogP contribution >= 0.6 is 0 Å². The lowest BCUT2D eigenvalue weighted by molar-refractivity contribution is -0.121. The maximum absolute atomic E-state index is 12.8. The number of nitrogens with one attached hydrogen (secondary N) is 1. The summed E-state index contributed by atoms with van der Waals surface area (Å²) in [6, 6.07) is 6.22. The summed E-state index contributed by atoms with van der Waals surface area (Å²) < 4.78 is 17.8. The van der Waals surface area contributed by atoms with Crippen molar-refractivity contribution in [3.05, 3.63) is 52.7 Å². The Kier molecular flexibility index (Phi) is 5.09. The molecule has 0 aliphatic heterocycles. The van der Waals surface area contributed by atoms with E-state index in [0.717, 1.165) is 22.6 Å². The van der Waals surface area contributed by atoms with Crippen molar-refractivity contribution in [2.75, 3.05) is 6.54 Å². The smallest absolute Gasteiger partial charge is 0.220 e. The van der Waals surface area contributed by atoms with Crippen molar-refractivity contribution >= 4 is 5.91 Å². The van der Waals surface area contributed by atoms with E-state index in [2.05, 4.69) is 10.5 Å². The summed E-state index contributed by atoms with van der Waals surface area (Å²) in [4.78, 5) is 11.8. The fourth-order valence-electron chi connectivity index (χ4n) is 2.18. The molecule has 112 valence electrons. The number of nitrogens with zero attached hydrogens (tertiary/aromatic N) is 1. The molecule has 0 bridgehead atoms. The summed E-state index contributed by atoms with van der Waals surface area (Å²) in [5.41, 5.74) is 2.87. The van der Waals surface area contributed by atoms with Gasteiger partial charge < -0.3 is 9.84 Å². The lowest BCUT2D eigenvalue weighted by Gasteiger charge is -2.05. The maximum Gasteiger partial charge on any atom is 0.220 e. The van der Waals surface area contributed by atoms with Crippen LogP contribution in [0.4, 0.5) is 4.39 Å². The molecule has 0 unspecified atom stereocenters. The van der Waals surface area contributed by atoms with Gasteiger partial charge in [-0.3, -0.25) is 4.79 Å². The van der Waals surface area contributed by atoms with Crippen molar-refractivity contribution < 1.29 is 13.7 Å². The number of rotatable bonds is 6. The first-order chi connectivity index (χ1) is 10.1. The van der Waals surface area contributed by atoms with Gasteiger partial charge in [0.05, 0.1) is 5.69 Å². The molecular formula is C16H19FN2O2. The average molecular weight is 290 g/mol. The van der Waals surface area contributed by atoms with E-state index in [1.165, 1.54) is 12.1 Å². The molecule has 4 nitrogen and oxygen atoms in total. The van der Waals surface area contributed by atoms with Gasteiger partial charge in [0.25, 0.3) is 0 Å². The second-order valence-electron chi connectivity index (χ2n) is 5.03. The highest BCUT2D eigenvalue weighted by molar-refractivity contribution is 5.76. The van der Waals surface area contributed by atoms with Gasteiger partial charge in [-0.25, -0.2) is 4.39 Å². The topological polar surface area (TPSA) is 55.1 Å². The Balaban J connectivity index is 1.71. The summed E-state index contributed by atoms with van der Waals surface area (Å²) in [5.74, 6) is 0.529. The number of halogens is 1. The number of aryl methyl sites for hydroxylation is 3. The van der Waals surface area contributed by atoms with Gasteiger partial charge in [0.2, 0.25) is 5.91 Å². The Bertz CT molecular complexity index is 586. The predicted molar refractivity (Wildman–Crippen MR) is 77.4 cm³/mol. The highest BCUT2D eigenvalue weighted by Crippen LogP contribution is 2.12. The average Bonchev–Trinajstić information content (AvgIpc) is 2.78. The van der Waals surface area contributed by atoms with E-state index in [9.17, 15) is 9.18 Å². The summed E-state index contributed by atoms with van der Waals surface area (Å²) in [5, 5.41) is 6.75. The van der Waals surface area contributed by atoms with E-state index in [-0.39, 0.29) is 11.7 Å². The Morgan fingerprint density at radius 1 is 1.24 bits per heavy atom. The molecule has 2 aromatic rings. The molecule has 0 fully saturated rings. The number of benzene rings is 1. The molecule has 0 aliphatic rings. The fourth-order valence-corrected chi connectivity index (χ4v) is 2.18. The van der Waals surface area contributed by atoms with Gasteiger partial charge in [0, 0.05) is 18.5 Å². The molecule has 2 rings (SSSR count). The normalized spacial score (nSPS) is 10.6. The minimum Gasteiger partial charge on any atom is -0.361 e. The predicted octanol–water partition coefficient (Wildman–Crippen LogP) is 2.72. The van der Waals surface area contributed by atoms with Crippen molar-refractivity contribution in [2.45, 2.75) is 33.1 Å². The first kappa shape index (κ1) is 15.2. The standard InChI is InChI=1S/C16H19FN2O2/c1-11-15(12(2)21-19-11)9-10-18-16(20)8-5-13-3-6-14(17)7-4-13/h3-4,6-7H,5,8-10H2,1-2H3,(H,18,20). The third-order valence-electron chi connectivity index (χ3n) is 3.43. The molecule has 0 saturated heterocycles. The van der Waals surface area contributed by atoms with Crippen LogP contribution in [0.1, 0.15) is 29.0 Å². The highest BCUT2D eigenvalue weighted by atomic mass is 19.1. The molecule has 0 spiro atoms. The molecule has 1 heterocycles. The van der Waals surface area contributed by atoms with E-state index in [1.807, 2.05) is 13.8 Å². The number of carbonyl (C=O) groups excluding carboxylic acids is 1. The molecule has 0 aliphatic carbocycles. The van der Waals surface area contributed by atoms with Crippen LogP contribution in [-0.2, 0) is 17.6 Å². The van der Waals surface area contributed by atoms with E-state index in [1.54, 1.807) is 12.1 Å². The number of carbonyl (C=O) groups is 1. The van der Waals surface area contributed by atoms with Gasteiger partial charge in [0.1, 0.15) is 11.6 Å². The quantitative estimate of drug-likeness (QED) is 0.890. The van der Waals surface area contributed by atoms with E-state index in [4.69, 9.17) is 4.52 Å². The molecule has 0 atom stereocenters. The summed E-state index contributed by atoms with van der Waals surface area (Å²) in [7, 11) is 0. The van der Waals surface area contributed by atoms with Crippen LogP contribution in [0.3, 0.4) is 0 Å². The maximum atomic E-state index is 12.8. The van der Waals surface area contributed by atoms with Crippen LogP contribution < -0.4 is 5.32 Å². The largest absolute Gasteiger partial charge is 0.361 e. The summed E-state index contributed by atoms with van der Waals surface area (Å²) in [6.07, 6.45) is 1.72. The lowest BCUT2D eigenvalue weighted by atomic mass is 10.1. The zero-order valence-corrected chi connectivity index (χ0v) is 12.3. The minimum absolute atomic E-state index is 0.00825. The first-order valence-corrected chi connectivity index (χ1v) is 6.99. The number of hydrogen-bond acceptors (Lipinski definition) is 3. The molecular weight excluding hydrogens is 271 g/mol. The molecule has 0 saturated carbocycles. The van der Waals surface area contributed by atoms with Crippen LogP contribution in [0.2, 0.25) is 0 Å². The summed E-state index contributed by atoms with van der Waals surface area (Å²) >= 11 is 0. The van der Waals surface area contributed by atoms with Gasteiger partial charge in [-0.15, -0.1) is 0 Å². The van der Waals surface area contributed by atoms with Crippen LogP contribution in [0.5, 0.6) is 0 Å². The Morgan fingerprint density at radius 2 is 1.95 bits per heavy atom. The monoisotopic (exact) mass is 290 g/mol. The number of amides is 1.